The molecule has 0 heterocycles. The first kappa shape index (κ1) is 19.1. The number of aryl methyl sites for hydroxylation is 1. The minimum atomic E-state index is -0.163. The van der Waals surface area contributed by atoms with E-state index in [0.29, 0.717) is 18.2 Å². The normalized spacial score (nSPS) is 10.8. The average Bonchev–Trinajstić information content (AvgIpc) is 2.64. The number of aliphatic imine (C=N–C) groups is 1. The zero-order chi connectivity index (χ0) is 18.9. The maximum absolute atomic E-state index is 12.2. The van der Waals surface area contributed by atoms with Crippen molar-refractivity contribution in [3.8, 4) is 12.3 Å². The Hall–Kier alpha value is -3.26. The Morgan fingerprint density at radius 1 is 1.23 bits per heavy atom. The lowest BCUT2D eigenvalue weighted by Crippen LogP contribution is -2.42. The van der Waals surface area contributed by atoms with Crippen molar-refractivity contribution in [2.45, 2.75) is 13.5 Å². The predicted molar refractivity (Wildman–Crippen MR) is 107 cm³/mol. The fourth-order valence-corrected chi connectivity index (χ4v) is 2.48. The van der Waals surface area contributed by atoms with Crippen molar-refractivity contribution in [1.82, 2.24) is 10.2 Å². The molecule has 5 nitrogen and oxygen atoms in total. The first-order valence-electron chi connectivity index (χ1n) is 8.35. The highest BCUT2D eigenvalue weighted by atomic mass is 16.1. The number of carbonyl (C=O) groups excluding carboxylic acids is 1. The van der Waals surface area contributed by atoms with Gasteiger partial charge in [-0.1, -0.05) is 41.8 Å². The number of nitrogens with one attached hydrogen (secondary N) is 2. The molecule has 2 aromatic rings. The lowest BCUT2D eigenvalue weighted by Gasteiger charge is -2.22. The van der Waals surface area contributed by atoms with Crippen LogP contribution in [-0.2, 0) is 11.3 Å². The van der Waals surface area contributed by atoms with E-state index in [1.807, 2.05) is 24.1 Å². The number of hydrogen-bond donors (Lipinski definition) is 2. The van der Waals surface area contributed by atoms with Crippen molar-refractivity contribution in [1.29, 1.82) is 0 Å². The Morgan fingerprint density at radius 2 is 1.96 bits per heavy atom. The van der Waals surface area contributed by atoms with Crippen LogP contribution in [-0.4, -0.2) is 37.4 Å². The van der Waals surface area contributed by atoms with E-state index >= 15 is 0 Å². The quantitative estimate of drug-likeness (QED) is 0.496. The van der Waals surface area contributed by atoms with Crippen LogP contribution in [0.2, 0.25) is 0 Å². The molecule has 0 spiro atoms. The largest absolute Gasteiger partial charge is 0.347 e. The van der Waals surface area contributed by atoms with Gasteiger partial charge in [-0.25, -0.2) is 0 Å². The van der Waals surface area contributed by atoms with Gasteiger partial charge in [0.25, 0.3) is 0 Å². The Bertz CT molecular complexity index is 819. The fourth-order valence-electron chi connectivity index (χ4n) is 2.48. The molecular weight excluding hydrogens is 324 g/mol. The minimum Gasteiger partial charge on any atom is -0.347 e. The maximum Gasteiger partial charge on any atom is 0.243 e. The van der Waals surface area contributed by atoms with E-state index in [1.165, 1.54) is 11.1 Å². The van der Waals surface area contributed by atoms with Crippen molar-refractivity contribution >= 4 is 17.6 Å². The third kappa shape index (κ3) is 5.67. The standard InChI is InChI=1S/C21H24N4O/c1-5-17-7-6-8-19(13-17)24-20(26)14-23-21(22-3)25(4)15-18-11-9-16(2)10-12-18/h1,6-13H,14-15H2,2-4H3,(H,22,23)(H,24,26). The molecule has 0 radical (unpaired) electrons. The molecule has 0 aliphatic rings. The van der Waals surface area contributed by atoms with Gasteiger partial charge in [0.1, 0.15) is 0 Å². The van der Waals surface area contributed by atoms with E-state index in [-0.39, 0.29) is 12.5 Å². The number of carbonyl (C=O) groups is 1. The summed E-state index contributed by atoms with van der Waals surface area (Å²) < 4.78 is 0. The van der Waals surface area contributed by atoms with Crippen LogP contribution in [0.5, 0.6) is 0 Å². The smallest absolute Gasteiger partial charge is 0.243 e. The number of nitrogens with zero attached hydrogens (tertiary/aromatic N) is 2. The third-order valence-corrected chi connectivity index (χ3v) is 3.83. The van der Waals surface area contributed by atoms with Gasteiger partial charge < -0.3 is 15.5 Å². The van der Waals surface area contributed by atoms with Crippen LogP contribution < -0.4 is 10.6 Å². The second-order valence-corrected chi connectivity index (χ2v) is 6.02. The number of amides is 1. The van der Waals surface area contributed by atoms with Gasteiger partial charge in [0.2, 0.25) is 5.91 Å². The van der Waals surface area contributed by atoms with Gasteiger partial charge in [-0.3, -0.25) is 9.79 Å². The summed E-state index contributed by atoms with van der Waals surface area (Å²) in [6, 6.07) is 15.5. The lowest BCUT2D eigenvalue weighted by molar-refractivity contribution is -0.115. The SMILES string of the molecule is C#Cc1cccc(NC(=O)CNC(=NC)N(C)Cc2ccc(C)cc2)c1. The molecule has 0 saturated carbocycles. The highest BCUT2D eigenvalue weighted by molar-refractivity contribution is 5.95. The molecule has 1 amide bonds. The van der Waals surface area contributed by atoms with Crippen LogP contribution in [0, 0.1) is 19.3 Å². The number of guanidine groups is 1. The summed E-state index contributed by atoms with van der Waals surface area (Å²) >= 11 is 0. The molecule has 26 heavy (non-hydrogen) atoms. The summed E-state index contributed by atoms with van der Waals surface area (Å²) in [5.74, 6) is 3.04. The van der Waals surface area contributed by atoms with E-state index in [9.17, 15) is 4.79 Å². The van der Waals surface area contributed by atoms with Crippen molar-refractivity contribution in [2.75, 3.05) is 26.0 Å². The number of anilines is 1. The first-order valence-corrected chi connectivity index (χ1v) is 8.35. The summed E-state index contributed by atoms with van der Waals surface area (Å²) in [5, 5.41) is 5.89. The first-order chi connectivity index (χ1) is 12.5. The zero-order valence-electron chi connectivity index (χ0n) is 15.4. The van der Waals surface area contributed by atoms with Crippen molar-refractivity contribution in [3.63, 3.8) is 0 Å². The molecule has 0 aromatic heterocycles. The summed E-state index contributed by atoms with van der Waals surface area (Å²) in [4.78, 5) is 18.4. The summed E-state index contributed by atoms with van der Waals surface area (Å²) in [7, 11) is 3.63. The van der Waals surface area contributed by atoms with Crippen molar-refractivity contribution in [2.24, 2.45) is 4.99 Å². The van der Waals surface area contributed by atoms with Crippen molar-refractivity contribution < 1.29 is 4.79 Å². The Balaban J connectivity index is 1.88. The lowest BCUT2D eigenvalue weighted by atomic mass is 10.1. The van der Waals surface area contributed by atoms with Gasteiger partial charge >= 0.3 is 0 Å². The molecule has 134 valence electrons. The number of hydrogen-bond acceptors (Lipinski definition) is 2. The third-order valence-electron chi connectivity index (χ3n) is 3.83. The molecule has 2 N–H and O–H groups in total. The van der Waals surface area contributed by atoms with Gasteiger partial charge in [-0.05, 0) is 30.7 Å². The predicted octanol–water partition coefficient (Wildman–Crippen LogP) is 2.62. The number of terminal acetylenes is 1. The number of rotatable bonds is 5. The van der Waals surface area contributed by atoms with Gasteiger partial charge in [0.05, 0.1) is 6.54 Å². The molecular formula is C21H24N4O. The van der Waals surface area contributed by atoms with Gasteiger partial charge in [0.15, 0.2) is 5.96 Å². The van der Waals surface area contributed by atoms with Crippen molar-refractivity contribution in [3.05, 3.63) is 65.2 Å². The van der Waals surface area contributed by atoms with E-state index < -0.39 is 0 Å². The molecule has 2 aromatic carbocycles. The highest BCUT2D eigenvalue weighted by Gasteiger charge is 2.09. The molecule has 0 atom stereocenters. The highest BCUT2D eigenvalue weighted by Crippen LogP contribution is 2.09. The zero-order valence-corrected chi connectivity index (χ0v) is 15.4. The molecule has 2 rings (SSSR count). The van der Waals surface area contributed by atoms with Crippen LogP contribution in [0.1, 0.15) is 16.7 Å². The van der Waals surface area contributed by atoms with Crippen LogP contribution >= 0.6 is 0 Å². The average molecular weight is 348 g/mol. The summed E-state index contributed by atoms with van der Waals surface area (Å²) in [6.07, 6.45) is 5.37. The van der Waals surface area contributed by atoms with Crippen LogP contribution in [0.25, 0.3) is 0 Å². The molecule has 0 aliphatic carbocycles. The van der Waals surface area contributed by atoms with E-state index in [4.69, 9.17) is 6.42 Å². The second-order valence-electron chi connectivity index (χ2n) is 6.02. The van der Waals surface area contributed by atoms with E-state index in [1.54, 1.807) is 19.2 Å². The minimum absolute atomic E-state index is 0.116. The van der Waals surface area contributed by atoms with Crippen LogP contribution in [0.15, 0.2) is 53.5 Å². The Labute approximate surface area is 155 Å². The molecule has 0 bridgehead atoms. The monoisotopic (exact) mass is 348 g/mol. The van der Waals surface area contributed by atoms with Crippen LogP contribution in [0.4, 0.5) is 5.69 Å². The second kappa shape index (κ2) is 9.28. The van der Waals surface area contributed by atoms with E-state index in [2.05, 4.69) is 52.7 Å². The maximum atomic E-state index is 12.2. The molecule has 5 heteroatoms. The van der Waals surface area contributed by atoms with Gasteiger partial charge in [-0.2, -0.15) is 0 Å². The van der Waals surface area contributed by atoms with Gasteiger partial charge in [-0.15, -0.1) is 6.42 Å². The topological polar surface area (TPSA) is 56.7 Å². The fraction of sp³-hybridized carbons (Fsp3) is 0.238. The molecule has 0 unspecified atom stereocenters. The van der Waals surface area contributed by atoms with E-state index in [0.717, 1.165) is 5.56 Å². The summed E-state index contributed by atoms with van der Waals surface area (Å²) in [6.45, 7) is 2.88. The molecule has 0 aliphatic heterocycles. The molecule has 0 fully saturated rings. The Morgan fingerprint density at radius 3 is 2.62 bits per heavy atom. The summed E-state index contributed by atoms with van der Waals surface area (Å²) in [5.41, 5.74) is 3.81. The van der Waals surface area contributed by atoms with Gasteiger partial charge in [0, 0.05) is 31.9 Å². The van der Waals surface area contributed by atoms with Crippen LogP contribution in [0.3, 0.4) is 0 Å². The molecule has 0 saturated heterocycles. The Kier molecular flexibility index (Phi) is 6.81. The number of benzene rings is 2.